The van der Waals surface area contributed by atoms with Crippen molar-refractivity contribution < 1.29 is 9.18 Å². The van der Waals surface area contributed by atoms with Crippen LogP contribution < -0.4 is 10.2 Å². The fourth-order valence-corrected chi connectivity index (χ4v) is 4.50. The molecule has 6 nitrogen and oxygen atoms in total. The summed E-state index contributed by atoms with van der Waals surface area (Å²) < 4.78 is 15.4. The Morgan fingerprint density at radius 3 is 2.51 bits per heavy atom. The average Bonchev–Trinajstić information content (AvgIpc) is 3.26. The van der Waals surface area contributed by atoms with E-state index in [0.29, 0.717) is 29.7 Å². The molecule has 1 amide bonds. The van der Waals surface area contributed by atoms with E-state index >= 15 is 0 Å². The first kappa shape index (κ1) is 24.4. The van der Waals surface area contributed by atoms with Crippen molar-refractivity contribution in [3.8, 4) is 11.3 Å². The Kier molecular flexibility index (Phi) is 7.15. The summed E-state index contributed by atoms with van der Waals surface area (Å²) >= 11 is 0. The van der Waals surface area contributed by atoms with Crippen LogP contribution in [0.25, 0.3) is 16.9 Å². The Hall–Kier alpha value is -3.74. The molecule has 2 heterocycles. The number of aryl methyl sites for hydroxylation is 3. The molecular formula is C28H32FN5O. The van der Waals surface area contributed by atoms with Crippen molar-refractivity contribution in [3.63, 3.8) is 0 Å². The number of benzene rings is 2. The van der Waals surface area contributed by atoms with Crippen molar-refractivity contribution in [3.05, 3.63) is 76.9 Å². The summed E-state index contributed by atoms with van der Waals surface area (Å²) in [5.74, 6) is -0.339. The lowest BCUT2D eigenvalue weighted by molar-refractivity contribution is -0.116. The molecule has 0 spiro atoms. The van der Waals surface area contributed by atoms with Gasteiger partial charge in [0.25, 0.3) is 0 Å². The molecule has 182 valence electrons. The molecule has 1 N–H and O–H groups in total. The van der Waals surface area contributed by atoms with Crippen LogP contribution in [0.1, 0.15) is 42.8 Å². The van der Waals surface area contributed by atoms with E-state index < -0.39 is 0 Å². The van der Waals surface area contributed by atoms with E-state index in [1.54, 1.807) is 10.6 Å². The number of hydrogen-bond donors (Lipinski definition) is 1. The smallest absolute Gasteiger partial charge is 0.224 e. The van der Waals surface area contributed by atoms with E-state index in [-0.39, 0.29) is 11.7 Å². The highest BCUT2D eigenvalue weighted by atomic mass is 19.1. The molecule has 4 rings (SSSR count). The van der Waals surface area contributed by atoms with Crippen molar-refractivity contribution in [2.45, 2.75) is 47.5 Å². The monoisotopic (exact) mass is 473 g/mol. The summed E-state index contributed by atoms with van der Waals surface area (Å²) in [6, 6.07) is 14.4. The van der Waals surface area contributed by atoms with Crippen LogP contribution >= 0.6 is 0 Å². The van der Waals surface area contributed by atoms with Crippen LogP contribution in [0.4, 0.5) is 15.8 Å². The molecule has 2 aromatic heterocycles. The number of nitrogens with one attached hydrogen (secondary N) is 1. The zero-order chi connectivity index (χ0) is 25.1. The van der Waals surface area contributed by atoms with Gasteiger partial charge in [-0.05, 0) is 82.5 Å². The number of aromatic nitrogens is 3. The number of carbonyl (C=O) groups excluding carboxylic acids is 1. The summed E-state index contributed by atoms with van der Waals surface area (Å²) in [6.45, 7) is 12.1. The highest BCUT2D eigenvalue weighted by Gasteiger charge is 2.15. The fourth-order valence-electron chi connectivity index (χ4n) is 4.50. The second-order valence-corrected chi connectivity index (χ2v) is 8.79. The fraction of sp³-hybridized carbons (Fsp3) is 0.321. The molecule has 0 saturated carbocycles. The van der Waals surface area contributed by atoms with Crippen molar-refractivity contribution in [1.82, 2.24) is 14.6 Å². The first-order valence-electron chi connectivity index (χ1n) is 12.1. The van der Waals surface area contributed by atoms with E-state index in [4.69, 9.17) is 4.98 Å². The normalized spacial score (nSPS) is 11.1. The van der Waals surface area contributed by atoms with Gasteiger partial charge in [-0.1, -0.05) is 12.1 Å². The summed E-state index contributed by atoms with van der Waals surface area (Å²) in [7, 11) is 0. The van der Waals surface area contributed by atoms with E-state index in [9.17, 15) is 9.18 Å². The van der Waals surface area contributed by atoms with Gasteiger partial charge in [0.2, 0.25) is 5.91 Å². The number of anilines is 2. The van der Waals surface area contributed by atoms with Gasteiger partial charge in [0, 0.05) is 53.9 Å². The lowest BCUT2D eigenvalue weighted by atomic mass is 10.1. The topological polar surface area (TPSA) is 62.5 Å². The predicted octanol–water partition coefficient (Wildman–Crippen LogP) is 5.88. The zero-order valence-electron chi connectivity index (χ0n) is 21.0. The second kappa shape index (κ2) is 10.3. The predicted molar refractivity (Wildman–Crippen MR) is 140 cm³/mol. The number of halogens is 1. The lowest BCUT2D eigenvalue weighted by Gasteiger charge is -2.22. The Labute approximate surface area is 205 Å². The number of carbonyl (C=O) groups is 1. The van der Waals surface area contributed by atoms with Gasteiger partial charge in [-0.3, -0.25) is 4.79 Å². The van der Waals surface area contributed by atoms with Gasteiger partial charge in [-0.15, -0.1) is 0 Å². The van der Waals surface area contributed by atoms with Gasteiger partial charge < -0.3 is 10.2 Å². The number of fused-ring (bicyclic) bond motifs is 1. The Bertz CT molecular complexity index is 1370. The molecule has 0 atom stereocenters. The largest absolute Gasteiger partial charge is 0.372 e. The molecule has 0 saturated heterocycles. The Balaban J connectivity index is 1.49. The van der Waals surface area contributed by atoms with Crippen LogP contribution in [-0.2, 0) is 11.2 Å². The second-order valence-electron chi connectivity index (χ2n) is 8.79. The number of rotatable bonds is 8. The Morgan fingerprint density at radius 2 is 1.83 bits per heavy atom. The maximum atomic E-state index is 13.7. The molecule has 2 aromatic carbocycles. The summed E-state index contributed by atoms with van der Waals surface area (Å²) in [5.41, 5.74) is 7.91. The maximum Gasteiger partial charge on any atom is 0.224 e. The number of nitrogens with zero attached hydrogens (tertiary/aromatic N) is 4. The minimum absolute atomic E-state index is 0.0384. The highest BCUT2D eigenvalue weighted by molar-refractivity contribution is 5.92. The quantitative estimate of drug-likeness (QED) is 0.347. The van der Waals surface area contributed by atoms with Crippen molar-refractivity contribution in [1.29, 1.82) is 0 Å². The molecular weight excluding hydrogens is 441 g/mol. The molecule has 4 aromatic rings. The van der Waals surface area contributed by atoms with Crippen LogP contribution in [0.2, 0.25) is 0 Å². The molecule has 0 aliphatic rings. The number of hydrogen-bond acceptors (Lipinski definition) is 4. The minimum atomic E-state index is -0.301. The lowest BCUT2D eigenvalue weighted by Crippen LogP contribution is -2.22. The molecule has 0 aliphatic carbocycles. The third-order valence-electron chi connectivity index (χ3n) is 6.50. The SMILES string of the molecule is CCN(CC)c1ccc(NC(=O)CCc2c(C)nc3cc(-c4cccc(F)c4)nn3c2C)c(C)c1. The molecule has 0 unspecified atom stereocenters. The van der Waals surface area contributed by atoms with Gasteiger partial charge >= 0.3 is 0 Å². The van der Waals surface area contributed by atoms with E-state index in [1.807, 2.05) is 39.0 Å². The van der Waals surface area contributed by atoms with Gasteiger partial charge in [0.05, 0.1) is 5.69 Å². The first-order chi connectivity index (χ1) is 16.8. The highest BCUT2D eigenvalue weighted by Crippen LogP contribution is 2.25. The van der Waals surface area contributed by atoms with Crippen LogP contribution in [0.3, 0.4) is 0 Å². The van der Waals surface area contributed by atoms with Crippen molar-refractivity contribution >= 4 is 22.9 Å². The number of amides is 1. The summed E-state index contributed by atoms with van der Waals surface area (Å²) in [5, 5.41) is 7.71. The summed E-state index contributed by atoms with van der Waals surface area (Å²) in [4.78, 5) is 19.8. The summed E-state index contributed by atoms with van der Waals surface area (Å²) in [6.07, 6.45) is 0.891. The molecule has 0 aliphatic heterocycles. The van der Waals surface area contributed by atoms with Gasteiger partial charge in [-0.25, -0.2) is 13.9 Å². The molecule has 0 bridgehead atoms. The maximum absolute atomic E-state index is 13.7. The average molecular weight is 474 g/mol. The zero-order valence-corrected chi connectivity index (χ0v) is 21.0. The third-order valence-corrected chi connectivity index (χ3v) is 6.50. The first-order valence-corrected chi connectivity index (χ1v) is 12.1. The van der Waals surface area contributed by atoms with Gasteiger partial charge in [0.15, 0.2) is 5.65 Å². The Morgan fingerprint density at radius 1 is 1.06 bits per heavy atom. The van der Waals surface area contributed by atoms with Crippen molar-refractivity contribution in [2.75, 3.05) is 23.3 Å². The van der Waals surface area contributed by atoms with Crippen LogP contribution in [0.5, 0.6) is 0 Å². The molecule has 35 heavy (non-hydrogen) atoms. The minimum Gasteiger partial charge on any atom is -0.372 e. The van der Waals surface area contributed by atoms with Gasteiger partial charge in [-0.2, -0.15) is 5.10 Å². The molecule has 7 heteroatoms. The van der Waals surface area contributed by atoms with Crippen LogP contribution in [-0.4, -0.2) is 33.6 Å². The van der Waals surface area contributed by atoms with E-state index in [0.717, 1.165) is 47.0 Å². The van der Waals surface area contributed by atoms with Crippen molar-refractivity contribution in [2.24, 2.45) is 0 Å². The third kappa shape index (κ3) is 5.19. The standard InChI is InChI=1S/C28H32FN5O/c1-6-33(7-2)23-11-13-25(18(3)15-23)31-28(35)14-12-24-19(4)30-27-17-26(32-34(27)20(24)5)21-9-8-10-22(29)16-21/h8-11,13,15-17H,6-7,12,14H2,1-5H3,(H,31,35). The van der Waals surface area contributed by atoms with E-state index in [1.165, 1.54) is 12.1 Å². The van der Waals surface area contributed by atoms with Crippen LogP contribution in [0, 0.1) is 26.6 Å². The molecule has 0 radical (unpaired) electrons. The van der Waals surface area contributed by atoms with E-state index in [2.05, 4.69) is 41.3 Å². The van der Waals surface area contributed by atoms with Crippen LogP contribution in [0.15, 0.2) is 48.5 Å². The molecule has 0 fully saturated rings. The van der Waals surface area contributed by atoms with Gasteiger partial charge in [0.1, 0.15) is 5.82 Å².